The molecule has 1 aliphatic rings. The first kappa shape index (κ1) is 29.5. The summed E-state index contributed by atoms with van der Waals surface area (Å²) in [5.74, 6) is 0. The van der Waals surface area contributed by atoms with Crippen LogP contribution in [0.4, 0.5) is 17.1 Å². The van der Waals surface area contributed by atoms with E-state index >= 15 is 0 Å². The summed E-state index contributed by atoms with van der Waals surface area (Å²) in [6.07, 6.45) is 0. The fourth-order valence-electron chi connectivity index (χ4n) is 8.37. The number of anilines is 3. The van der Waals surface area contributed by atoms with Gasteiger partial charge in [0.05, 0.1) is 5.52 Å². The van der Waals surface area contributed by atoms with E-state index in [0.717, 1.165) is 17.1 Å². The summed E-state index contributed by atoms with van der Waals surface area (Å²) < 4.78 is 0. The molecule has 51 heavy (non-hydrogen) atoms. The zero-order valence-electron chi connectivity index (χ0n) is 28.7. The molecule has 0 amide bonds. The third-order valence-corrected chi connectivity index (χ3v) is 11.0. The smallest absolute Gasteiger partial charge is 0.0544 e. The van der Waals surface area contributed by atoms with E-state index in [2.05, 4.69) is 200 Å². The van der Waals surface area contributed by atoms with Crippen molar-refractivity contribution in [3.8, 4) is 33.4 Å². The maximum absolute atomic E-state index is 3.73. The lowest BCUT2D eigenvalue weighted by atomic mass is 9.82. The van der Waals surface area contributed by atoms with Gasteiger partial charge in [-0.3, -0.25) is 0 Å². The Morgan fingerprint density at radius 2 is 1.02 bits per heavy atom. The van der Waals surface area contributed by atoms with Crippen LogP contribution < -0.4 is 4.90 Å². The van der Waals surface area contributed by atoms with E-state index in [1.165, 1.54) is 77.1 Å². The Kier molecular flexibility index (Phi) is 6.56. The van der Waals surface area contributed by atoms with Crippen LogP contribution in [0, 0.1) is 0 Å². The Morgan fingerprint density at radius 3 is 1.86 bits per heavy atom. The summed E-state index contributed by atoms with van der Waals surface area (Å²) in [4.78, 5) is 6.13. The molecule has 1 N–H and O–H groups in total. The number of rotatable bonds is 5. The number of H-pyrrole nitrogens is 1. The lowest BCUT2D eigenvalue weighted by molar-refractivity contribution is 0.660. The predicted octanol–water partition coefficient (Wildman–Crippen LogP) is 13.6. The molecule has 0 bridgehead atoms. The average molecular weight is 653 g/mol. The Hall–Kier alpha value is -6.38. The highest BCUT2D eigenvalue weighted by Gasteiger charge is 2.36. The van der Waals surface area contributed by atoms with Crippen LogP contribution in [0.25, 0.3) is 66.0 Å². The molecule has 0 unspecified atom stereocenters. The second-order valence-electron chi connectivity index (χ2n) is 14.3. The highest BCUT2D eigenvalue weighted by Crippen LogP contribution is 2.52. The summed E-state index contributed by atoms with van der Waals surface area (Å²) in [7, 11) is 0. The van der Waals surface area contributed by atoms with E-state index in [0.29, 0.717) is 0 Å². The molecule has 1 aliphatic carbocycles. The number of aromatic nitrogens is 1. The third kappa shape index (κ3) is 4.71. The molecular weight excluding hydrogens is 617 g/mol. The van der Waals surface area contributed by atoms with Gasteiger partial charge in [0.2, 0.25) is 0 Å². The van der Waals surface area contributed by atoms with Gasteiger partial charge in [0.25, 0.3) is 0 Å². The fourth-order valence-corrected chi connectivity index (χ4v) is 8.37. The number of fused-ring (bicyclic) bond motifs is 7. The molecule has 2 nitrogen and oxygen atoms in total. The van der Waals surface area contributed by atoms with Crippen molar-refractivity contribution in [1.82, 2.24) is 4.98 Å². The normalized spacial score (nSPS) is 13.1. The second kappa shape index (κ2) is 11.3. The van der Waals surface area contributed by atoms with E-state index in [1.54, 1.807) is 0 Å². The topological polar surface area (TPSA) is 19.0 Å². The van der Waals surface area contributed by atoms with Crippen molar-refractivity contribution in [2.45, 2.75) is 19.3 Å². The molecule has 2 heteroatoms. The van der Waals surface area contributed by atoms with Crippen molar-refractivity contribution in [1.29, 1.82) is 0 Å². The minimum atomic E-state index is -0.111. The highest BCUT2D eigenvalue weighted by molar-refractivity contribution is 6.12. The number of hydrogen-bond donors (Lipinski definition) is 1. The van der Waals surface area contributed by atoms with Crippen molar-refractivity contribution in [3.05, 3.63) is 187 Å². The molecule has 0 spiro atoms. The second-order valence-corrected chi connectivity index (χ2v) is 14.3. The van der Waals surface area contributed by atoms with Crippen molar-refractivity contribution < 1.29 is 0 Å². The zero-order chi connectivity index (χ0) is 34.1. The molecule has 10 rings (SSSR count). The number of benzene rings is 8. The van der Waals surface area contributed by atoms with Crippen LogP contribution in [0.5, 0.6) is 0 Å². The third-order valence-electron chi connectivity index (χ3n) is 11.0. The van der Waals surface area contributed by atoms with Crippen LogP contribution in [0.15, 0.2) is 176 Å². The molecule has 9 aromatic rings. The van der Waals surface area contributed by atoms with Gasteiger partial charge in [-0.25, -0.2) is 0 Å². The summed E-state index contributed by atoms with van der Waals surface area (Å²) in [6, 6.07) is 64.4. The molecule has 0 saturated carbocycles. The van der Waals surface area contributed by atoms with Crippen molar-refractivity contribution in [2.75, 3.05) is 4.90 Å². The van der Waals surface area contributed by atoms with E-state index in [1.807, 2.05) is 0 Å². The van der Waals surface area contributed by atoms with E-state index in [4.69, 9.17) is 0 Å². The fraction of sp³-hybridized carbons (Fsp3) is 0.0612. The molecule has 0 saturated heterocycles. The van der Waals surface area contributed by atoms with Crippen LogP contribution in [-0.4, -0.2) is 4.98 Å². The molecule has 0 aliphatic heterocycles. The molecule has 8 aromatic carbocycles. The zero-order valence-corrected chi connectivity index (χ0v) is 28.7. The summed E-state index contributed by atoms with van der Waals surface area (Å²) >= 11 is 0. The Morgan fingerprint density at radius 1 is 0.412 bits per heavy atom. The highest BCUT2D eigenvalue weighted by atomic mass is 15.1. The summed E-state index contributed by atoms with van der Waals surface area (Å²) in [5.41, 5.74) is 15.9. The van der Waals surface area contributed by atoms with Crippen LogP contribution in [-0.2, 0) is 5.41 Å². The Balaban J connectivity index is 1.13. The standard InChI is InChI=1S/C49H36N2/c1-49(2)45-27-22-36(40-16-10-17-42-41-15-8-9-18-47(41)50-48(40)42)30-43(45)44-31-39(26-28-46(44)49)51(38-25-21-33-13-6-7-14-35(33)29-38)37-23-19-34(20-24-37)32-11-4-3-5-12-32/h3-31,50H,1-2H3. The maximum atomic E-state index is 3.73. The number of nitrogens with one attached hydrogen (secondary N) is 1. The minimum absolute atomic E-state index is 0.111. The predicted molar refractivity (Wildman–Crippen MR) is 216 cm³/mol. The van der Waals surface area contributed by atoms with Crippen LogP contribution in [0.1, 0.15) is 25.0 Å². The lowest BCUT2D eigenvalue weighted by Crippen LogP contribution is -2.15. The average Bonchev–Trinajstić information content (AvgIpc) is 3.67. The molecular formula is C49H36N2. The van der Waals surface area contributed by atoms with Gasteiger partial charge in [-0.2, -0.15) is 0 Å². The van der Waals surface area contributed by atoms with E-state index < -0.39 is 0 Å². The van der Waals surface area contributed by atoms with Gasteiger partial charge < -0.3 is 9.88 Å². The lowest BCUT2D eigenvalue weighted by Gasteiger charge is -2.27. The number of hydrogen-bond acceptors (Lipinski definition) is 1. The van der Waals surface area contributed by atoms with Gasteiger partial charge in [-0.1, -0.05) is 141 Å². The van der Waals surface area contributed by atoms with Crippen LogP contribution in [0.2, 0.25) is 0 Å². The molecule has 0 radical (unpaired) electrons. The van der Waals surface area contributed by atoms with Crippen molar-refractivity contribution in [3.63, 3.8) is 0 Å². The van der Waals surface area contributed by atoms with Gasteiger partial charge in [-0.05, 0) is 98.2 Å². The van der Waals surface area contributed by atoms with Crippen LogP contribution in [0.3, 0.4) is 0 Å². The van der Waals surface area contributed by atoms with Crippen molar-refractivity contribution >= 4 is 49.6 Å². The van der Waals surface area contributed by atoms with Gasteiger partial charge >= 0.3 is 0 Å². The SMILES string of the molecule is CC1(C)c2ccc(-c3cccc4c3[nH]c3ccccc34)cc2-c2cc(N(c3ccc(-c4ccccc4)cc3)c3ccc4ccccc4c3)ccc21. The molecule has 242 valence electrons. The number of para-hydroxylation sites is 2. The first-order valence-electron chi connectivity index (χ1n) is 17.8. The monoisotopic (exact) mass is 652 g/mol. The Bertz CT molecular complexity index is 2770. The van der Waals surface area contributed by atoms with E-state index in [-0.39, 0.29) is 5.41 Å². The number of aromatic amines is 1. The van der Waals surface area contributed by atoms with Crippen molar-refractivity contribution in [2.24, 2.45) is 0 Å². The van der Waals surface area contributed by atoms with Gasteiger partial charge in [0.15, 0.2) is 0 Å². The van der Waals surface area contributed by atoms with Crippen LogP contribution >= 0.6 is 0 Å². The largest absolute Gasteiger partial charge is 0.354 e. The molecule has 1 heterocycles. The van der Waals surface area contributed by atoms with E-state index in [9.17, 15) is 0 Å². The molecule has 0 fully saturated rings. The first-order valence-corrected chi connectivity index (χ1v) is 17.8. The number of nitrogens with zero attached hydrogens (tertiary/aromatic N) is 1. The molecule has 0 atom stereocenters. The maximum Gasteiger partial charge on any atom is 0.0544 e. The summed E-state index contributed by atoms with van der Waals surface area (Å²) in [6.45, 7) is 4.72. The minimum Gasteiger partial charge on any atom is -0.354 e. The molecule has 1 aromatic heterocycles. The first-order chi connectivity index (χ1) is 25.0. The van der Waals surface area contributed by atoms with Gasteiger partial charge in [-0.15, -0.1) is 0 Å². The van der Waals surface area contributed by atoms with Gasteiger partial charge in [0.1, 0.15) is 0 Å². The quantitative estimate of drug-likeness (QED) is 0.196. The summed E-state index contributed by atoms with van der Waals surface area (Å²) in [5, 5.41) is 4.99. The van der Waals surface area contributed by atoms with Gasteiger partial charge in [0, 0.05) is 44.3 Å². The Labute approximate surface area is 298 Å².